The Balaban J connectivity index is 1.66. The Morgan fingerprint density at radius 3 is 2.45 bits per heavy atom. The standard InChI is InChI=1S/C17H17BF3O/c19-18(20,21)15-8-10-16(11-9-15)22-12-14-6-3-5-13-4-1-2-7-17(13)14/h1-2,4,7-11,14H,3,5-6,12H2/q-1. The maximum absolute atomic E-state index is 12.6. The van der Waals surface area contributed by atoms with Crippen LogP contribution in [-0.2, 0) is 6.42 Å². The van der Waals surface area contributed by atoms with Crippen LogP contribution in [0.1, 0.15) is 29.9 Å². The Morgan fingerprint density at radius 2 is 1.73 bits per heavy atom. The summed E-state index contributed by atoms with van der Waals surface area (Å²) in [5.74, 6) is 0.809. The predicted octanol–water partition coefficient (Wildman–Crippen LogP) is 4.24. The number of hydrogen-bond donors (Lipinski definition) is 0. The van der Waals surface area contributed by atoms with Crippen molar-refractivity contribution >= 4 is 12.4 Å². The van der Waals surface area contributed by atoms with Crippen LogP contribution in [0, 0.1) is 0 Å². The largest absolute Gasteiger partial charge is 0.509 e. The molecule has 1 atom stereocenters. The molecule has 0 aliphatic heterocycles. The Bertz CT molecular complexity index is 637. The van der Waals surface area contributed by atoms with Gasteiger partial charge in [0.1, 0.15) is 5.75 Å². The molecular formula is C17H17BF3O-. The average molecular weight is 305 g/mol. The SMILES string of the molecule is F[B-](F)(F)c1ccc(OCC2CCCc3ccccc32)cc1. The zero-order chi connectivity index (χ0) is 15.6. The highest BCUT2D eigenvalue weighted by molar-refractivity contribution is 6.73. The Kier molecular flexibility index (Phi) is 4.14. The third kappa shape index (κ3) is 3.29. The van der Waals surface area contributed by atoms with E-state index in [0.717, 1.165) is 31.4 Å². The molecule has 0 spiro atoms. The minimum atomic E-state index is -4.94. The van der Waals surface area contributed by atoms with E-state index in [9.17, 15) is 12.9 Å². The van der Waals surface area contributed by atoms with Gasteiger partial charge in [-0.2, -0.15) is 0 Å². The summed E-state index contributed by atoms with van der Waals surface area (Å²) in [6.45, 7) is -4.43. The van der Waals surface area contributed by atoms with Gasteiger partial charge in [-0.1, -0.05) is 36.4 Å². The second-order valence-corrected chi connectivity index (χ2v) is 5.74. The molecule has 1 nitrogen and oxygen atoms in total. The molecule has 0 radical (unpaired) electrons. The normalized spacial score (nSPS) is 17.9. The maximum Gasteiger partial charge on any atom is 0.509 e. The monoisotopic (exact) mass is 305 g/mol. The van der Waals surface area contributed by atoms with Gasteiger partial charge in [0.15, 0.2) is 0 Å². The Morgan fingerprint density at radius 1 is 1.00 bits per heavy atom. The summed E-state index contributed by atoms with van der Waals surface area (Å²) in [6, 6.07) is 13.3. The van der Waals surface area contributed by atoms with Crippen molar-refractivity contribution in [1.82, 2.24) is 0 Å². The first kappa shape index (κ1) is 15.0. The van der Waals surface area contributed by atoms with Crippen LogP contribution in [0.25, 0.3) is 0 Å². The van der Waals surface area contributed by atoms with E-state index in [4.69, 9.17) is 4.74 Å². The van der Waals surface area contributed by atoms with Gasteiger partial charge in [-0.05, 0) is 42.5 Å². The molecule has 0 amide bonds. The van der Waals surface area contributed by atoms with Gasteiger partial charge in [0.05, 0.1) is 6.61 Å². The molecule has 2 aromatic rings. The highest BCUT2D eigenvalue weighted by Gasteiger charge is 2.25. The van der Waals surface area contributed by atoms with E-state index < -0.39 is 12.4 Å². The average Bonchev–Trinajstić information content (AvgIpc) is 2.52. The van der Waals surface area contributed by atoms with Crippen molar-refractivity contribution in [2.24, 2.45) is 0 Å². The molecule has 2 aromatic carbocycles. The highest BCUT2D eigenvalue weighted by atomic mass is 19.4. The number of aryl methyl sites for hydroxylation is 1. The summed E-state index contributed by atoms with van der Waals surface area (Å²) in [6.07, 6.45) is 3.27. The van der Waals surface area contributed by atoms with E-state index >= 15 is 0 Å². The molecule has 0 heterocycles. The predicted molar refractivity (Wildman–Crippen MR) is 82.8 cm³/mol. The number of ether oxygens (including phenoxy) is 1. The van der Waals surface area contributed by atoms with E-state index in [1.807, 2.05) is 12.1 Å². The van der Waals surface area contributed by atoms with Gasteiger partial charge >= 0.3 is 6.98 Å². The summed E-state index contributed by atoms with van der Waals surface area (Å²) < 4.78 is 43.5. The van der Waals surface area contributed by atoms with Crippen LogP contribution in [0.3, 0.4) is 0 Å². The van der Waals surface area contributed by atoms with E-state index in [1.54, 1.807) is 0 Å². The van der Waals surface area contributed by atoms with Crippen molar-refractivity contribution in [2.75, 3.05) is 6.61 Å². The van der Waals surface area contributed by atoms with Crippen molar-refractivity contribution in [1.29, 1.82) is 0 Å². The van der Waals surface area contributed by atoms with E-state index in [1.165, 1.54) is 23.3 Å². The molecular weight excluding hydrogens is 288 g/mol. The fourth-order valence-electron chi connectivity index (χ4n) is 3.01. The molecule has 0 bridgehead atoms. The molecule has 116 valence electrons. The first-order valence-corrected chi connectivity index (χ1v) is 7.54. The third-order valence-electron chi connectivity index (χ3n) is 4.20. The number of fused-ring (bicyclic) bond motifs is 1. The zero-order valence-electron chi connectivity index (χ0n) is 12.1. The van der Waals surface area contributed by atoms with Gasteiger partial charge in [0.25, 0.3) is 0 Å². The summed E-state index contributed by atoms with van der Waals surface area (Å²) in [5.41, 5.74) is 2.08. The van der Waals surface area contributed by atoms with E-state index in [2.05, 4.69) is 12.1 Å². The topological polar surface area (TPSA) is 9.23 Å². The summed E-state index contributed by atoms with van der Waals surface area (Å²) in [7, 11) is 0. The smallest absolute Gasteiger partial charge is 0.493 e. The molecule has 1 unspecified atom stereocenters. The number of halogens is 3. The van der Waals surface area contributed by atoms with Crippen LogP contribution < -0.4 is 10.2 Å². The lowest BCUT2D eigenvalue weighted by Crippen LogP contribution is -2.33. The Labute approximate surface area is 128 Å². The second kappa shape index (κ2) is 6.07. The van der Waals surface area contributed by atoms with Gasteiger partial charge < -0.3 is 17.7 Å². The molecule has 1 aliphatic rings. The molecule has 0 aromatic heterocycles. The molecule has 22 heavy (non-hydrogen) atoms. The number of rotatable bonds is 4. The van der Waals surface area contributed by atoms with Crippen molar-refractivity contribution < 1.29 is 17.7 Å². The summed E-state index contributed by atoms with van der Waals surface area (Å²) in [5, 5.41) is 0. The van der Waals surface area contributed by atoms with Crippen molar-refractivity contribution in [3.63, 3.8) is 0 Å². The first-order valence-electron chi connectivity index (χ1n) is 7.54. The molecule has 5 heteroatoms. The fraction of sp³-hybridized carbons (Fsp3) is 0.294. The van der Waals surface area contributed by atoms with E-state index in [0.29, 0.717) is 18.3 Å². The quantitative estimate of drug-likeness (QED) is 0.768. The maximum atomic E-state index is 12.6. The van der Waals surface area contributed by atoms with Crippen molar-refractivity contribution in [3.05, 3.63) is 59.7 Å². The van der Waals surface area contributed by atoms with Crippen LogP contribution >= 0.6 is 0 Å². The van der Waals surface area contributed by atoms with Gasteiger partial charge in [-0.25, -0.2) is 0 Å². The first-order chi connectivity index (χ1) is 10.5. The molecule has 0 saturated carbocycles. The molecule has 3 rings (SSSR count). The second-order valence-electron chi connectivity index (χ2n) is 5.74. The van der Waals surface area contributed by atoms with Crippen molar-refractivity contribution in [2.45, 2.75) is 25.2 Å². The molecule has 0 saturated heterocycles. The van der Waals surface area contributed by atoms with Crippen LogP contribution in [0.5, 0.6) is 5.75 Å². The molecule has 0 N–H and O–H groups in total. The lowest BCUT2D eigenvalue weighted by Gasteiger charge is -2.25. The van der Waals surface area contributed by atoms with Crippen LogP contribution in [0.15, 0.2) is 48.5 Å². The third-order valence-corrected chi connectivity index (χ3v) is 4.20. The highest BCUT2D eigenvalue weighted by Crippen LogP contribution is 2.31. The van der Waals surface area contributed by atoms with Gasteiger partial charge in [-0.15, -0.1) is 5.46 Å². The number of benzene rings is 2. The van der Waals surface area contributed by atoms with Crippen LogP contribution in [0.4, 0.5) is 12.9 Å². The number of hydrogen-bond acceptors (Lipinski definition) is 1. The van der Waals surface area contributed by atoms with Gasteiger partial charge in [0.2, 0.25) is 0 Å². The van der Waals surface area contributed by atoms with Crippen LogP contribution in [-0.4, -0.2) is 13.6 Å². The molecule has 0 fully saturated rings. The zero-order valence-corrected chi connectivity index (χ0v) is 12.1. The summed E-state index contributed by atoms with van der Waals surface area (Å²) >= 11 is 0. The summed E-state index contributed by atoms with van der Waals surface area (Å²) in [4.78, 5) is 0. The molecule has 1 aliphatic carbocycles. The minimum Gasteiger partial charge on any atom is -0.493 e. The minimum absolute atomic E-state index is 0.316. The lowest BCUT2D eigenvalue weighted by atomic mass is 9.80. The van der Waals surface area contributed by atoms with E-state index in [-0.39, 0.29) is 0 Å². The lowest BCUT2D eigenvalue weighted by molar-refractivity contribution is 0.274. The van der Waals surface area contributed by atoms with Crippen LogP contribution in [0.2, 0.25) is 0 Å². The van der Waals surface area contributed by atoms with Gasteiger partial charge in [0, 0.05) is 5.92 Å². The van der Waals surface area contributed by atoms with Gasteiger partial charge in [-0.3, -0.25) is 0 Å². The fourth-order valence-corrected chi connectivity index (χ4v) is 3.01. The Hall–Kier alpha value is -1.91. The van der Waals surface area contributed by atoms with Crippen molar-refractivity contribution in [3.8, 4) is 5.75 Å².